The first-order valence-corrected chi connectivity index (χ1v) is 9.52. The summed E-state index contributed by atoms with van der Waals surface area (Å²) in [5.74, 6) is -0.0695. The highest BCUT2D eigenvalue weighted by Crippen LogP contribution is 2.13. The highest BCUT2D eigenvalue weighted by molar-refractivity contribution is 5.71. The van der Waals surface area contributed by atoms with Gasteiger partial charge in [0.25, 0.3) is 0 Å². The summed E-state index contributed by atoms with van der Waals surface area (Å²) < 4.78 is 4.72. The van der Waals surface area contributed by atoms with Crippen LogP contribution in [0.4, 0.5) is 0 Å². The zero-order valence-electron chi connectivity index (χ0n) is 15.6. The van der Waals surface area contributed by atoms with Gasteiger partial charge in [-0.2, -0.15) is 0 Å². The summed E-state index contributed by atoms with van der Waals surface area (Å²) in [6.45, 7) is 4.14. The van der Waals surface area contributed by atoms with Crippen LogP contribution < -0.4 is 0 Å². The number of aliphatic hydroxyl groups excluding tert-OH is 1. The molecular weight excluding hydrogens is 288 g/mol. The molecule has 1 N–H and O–H groups in total. The van der Waals surface area contributed by atoms with Crippen molar-refractivity contribution in [1.29, 1.82) is 0 Å². The summed E-state index contributed by atoms with van der Waals surface area (Å²) >= 11 is 0. The molecule has 3 heteroatoms. The summed E-state index contributed by atoms with van der Waals surface area (Å²) in [5.41, 5.74) is 0. The monoisotopic (exact) mass is 326 g/mol. The molecule has 0 saturated carbocycles. The van der Waals surface area contributed by atoms with Gasteiger partial charge < -0.3 is 9.84 Å². The molecule has 0 fully saturated rings. The Labute approximate surface area is 143 Å². The molecule has 0 aliphatic heterocycles. The van der Waals surface area contributed by atoms with Crippen LogP contribution in [0.3, 0.4) is 0 Å². The van der Waals surface area contributed by atoms with E-state index in [9.17, 15) is 9.90 Å². The maximum absolute atomic E-state index is 11.3. The third-order valence-corrected chi connectivity index (χ3v) is 4.33. The van der Waals surface area contributed by atoms with Crippen LogP contribution in [0.25, 0.3) is 0 Å². The van der Waals surface area contributed by atoms with Crippen molar-refractivity contribution in [3.05, 3.63) is 12.2 Å². The fourth-order valence-corrected chi connectivity index (χ4v) is 2.68. The molecule has 0 bridgehead atoms. The van der Waals surface area contributed by atoms with Crippen molar-refractivity contribution in [2.45, 2.75) is 97.0 Å². The van der Waals surface area contributed by atoms with Crippen molar-refractivity contribution in [3.63, 3.8) is 0 Å². The maximum atomic E-state index is 11.3. The molecular formula is C20H38O3. The summed E-state index contributed by atoms with van der Waals surface area (Å²) in [4.78, 5) is 11.3. The summed E-state index contributed by atoms with van der Waals surface area (Å²) in [5, 5.41) is 9.85. The van der Waals surface area contributed by atoms with Crippen molar-refractivity contribution >= 4 is 5.97 Å². The lowest BCUT2D eigenvalue weighted by molar-refractivity contribution is -0.145. The number of hydrogen-bond acceptors (Lipinski definition) is 3. The van der Waals surface area contributed by atoms with E-state index in [1.807, 2.05) is 6.92 Å². The number of hydrogen-bond donors (Lipinski definition) is 1. The van der Waals surface area contributed by atoms with Gasteiger partial charge in [-0.25, -0.2) is 0 Å². The minimum atomic E-state index is -0.164. The summed E-state index contributed by atoms with van der Waals surface area (Å²) in [6.07, 6.45) is 17.5. The third-order valence-electron chi connectivity index (χ3n) is 4.33. The van der Waals surface area contributed by atoms with Crippen molar-refractivity contribution in [1.82, 2.24) is 0 Å². The smallest absolute Gasteiger partial charge is 0.308 e. The summed E-state index contributed by atoms with van der Waals surface area (Å²) in [7, 11) is 1.45. The fourth-order valence-electron chi connectivity index (χ4n) is 2.68. The van der Waals surface area contributed by atoms with Crippen LogP contribution >= 0.6 is 0 Å². The minimum Gasteiger partial charge on any atom is -0.469 e. The molecule has 0 heterocycles. The van der Waals surface area contributed by atoms with Crippen LogP contribution in [-0.4, -0.2) is 24.3 Å². The van der Waals surface area contributed by atoms with E-state index in [1.165, 1.54) is 45.6 Å². The molecule has 0 aliphatic carbocycles. The van der Waals surface area contributed by atoms with Gasteiger partial charge in [-0.1, -0.05) is 70.9 Å². The zero-order chi connectivity index (χ0) is 17.3. The van der Waals surface area contributed by atoms with E-state index in [0.717, 1.165) is 38.5 Å². The summed E-state index contributed by atoms with van der Waals surface area (Å²) in [6, 6.07) is 0. The second-order valence-corrected chi connectivity index (χ2v) is 6.63. The molecule has 0 rings (SSSR count). The Morgan fingerprint density at radius 3 is 2.35 bits per heavy atom. The predicted molar refractivity (Wildman–Crippen MR) is 97.4 cm³/mol. The van der Waals surface area contributed by atoms with Gasteiger partial charge in [-0.15, -0.1) is 0 Å². The molecule has 0 aromatic heterocycles. The second kappa shape index (κ2) is 16.0. The van der Waals surface area contributed by atoms with E-state index in [-0.39, 0.29) is 18.0 Å². The van der Waals surface area contributed by atoms with Crippen LogP contribution in [0.1, 0.15) is 90.9 Å². The molecule has 0 aromatic carbocycles. The average Bonchev–Trinajstić information content (AvgIpc) is 2.56. The molecule has 2 atom stereocenters. The van der Waals surface area contributed by atoms with Gasteiger partial charge in [-0.3, -0.25) is 4.79 Å². The molecule has 0 aromatic rings. The van der Waals surface area contributed by atoms with Crippen LogP contribution in [-0.2, 0) is 9.53 Å². The van der Waals surface area contributed by atoms with E-state index >= 15 is 0 Å². The number of methoxy groups -OCH3 is 1. The van der Waals surface area contributed by atoms with E-state index in [0.29, 0.717) is 0 Å². The Hall–Kier alpha value is -0.830. The van der Waals surface area contributed by atoms with Crippen LogP contribution in [0.2, 0.25) is 0 Å². The maximum Gasteiger partial charge on any atom is 0.308 e. The molecule has 23 heavy (non-hydrogen) atoms. The predicted octanol–water partition coefficient (Wildman–Crippen LogP) is 5.41. The highest BCUT2D eigenvalue weighted by atomic mass is 16.5. The molecule has 1 unspecified atom stereocenters. The highest BCUT2D eigenvalue weighted by Gasteiger charge is 2.11. The zero-order valence-corrected chi connectivity index (χ0v) is 15.6. The molecule has 0 amide bonds. The van der Waals surface area contributed by atoms with Gasteiger partial charge in [0.15, 0.2) is 0 Å². The number of carbonyl (C=O) groups is 1. The Balaban J connectivity index is 3.38. The minimum absolute atomic E-state index is 0.0266. The lowest BCUT2D eigenvalue weighted by atomic mass is 10.0. The van der Waals surface area contributed by atoms with Gasteiger partial charge in [0, 0.05) is 0 Å². The van der Waals surface area contributed by atoms with Gasteiger partial charge in [0.2, 0.25) is 0 Å². The SMILES string of the molecule is CCCCCC[C@@H](O)CC=CCCCCCCC(C)C(=O)OC. The van der Waals surface area contributed by atoms with Crippen LogP contribution in [0, 0.1) is 5.92 Å². The number of aliphatic hydroxyl groups is 1. The Kier molecular flexibility index (Phi) is 15.5. The van der Waals surface area contributed by atoms with E-state index in [2.05, 4.69) is 19.1 Å². The van der Waals surface area contributed by atoms with Crippen LogP contribution in [0.5, 0.6) is 0 Å². The number of unbranched alkanes of at least 4 members (excludes halogenated alkanes) is 7. The van der Waals surface area contributed by atoms with Crippen molar-refractivity contribution in [2.75, 3.05) is 7.11 Å². The first kappa shape index (κ1) is 22.2. The molecule has 0 aliphatic rings. The quantitative estimate of drug-likeness (QED) is 0.248. The number of rotatable bonds is 15. The van der Waals surface area contributed by atoms with E-state index in [4.69, 9.17) is 4.74 Å². The molecule has 0 spiro atoms. The number of carbonyl (C=O) groups excluding carboxylic acids is 1. The molecule has 3 nitrogen and oxygen atoms in total. The molecule has 136 valence electrons. The van der Waals surface area contributed by atoms with Gasteiger partial charge >= 0.3 is 5.97 Å². The fraction of sp³-hybridized carbons (Fsp3) is 0.850. The molecule has 0 saturated heterocycles. The third kappa shape index (κ3) is 14.5. The number of ether oxygens (including phenoxy) is 1. The topological polar surface area (TPSA) is 46.5 Å². The second-order valence-electron chi connectivity index (χ2n) is 6.63. The standard InChI is InChI=1S/C20H38O3/c1-4-5-6-13-16-19(21)17-14-11-9-7-8-10-12-15-18(2)20(22)23-3/h11,14,18-19,21H,4-10,12-13,15-17H2,1-3H3/t18?,19-/m1/s1. The number of allylic oxidation sites excluding steroid dienone is 1. The first-order chi connectivity index (χ1) is 11.1. The number of esters is 1. The lowest BCUT2D eigenvalue weighted by Gasteiger charge is -2.08. The largest absolute Gasteiger partial charge is 0.469 e. The molecule has 0 radical (unpaired) electrons. The van der Waals surface area contributed by atoms with Gasteiger partial charge in [0.05, 0.1) is 19.1 Å². The van der Waals surface area contributed by atoms with Gasteiger partial charge in [0.1, 0.15) is 0 Å². The van der Waals surface area contributed by atoms with E-state index in [1.54, 1.807) is 0 Å². The Morgan fingerprint density at radius 2 is 1.65 bits per heavy atom. The van der Waals surface area contributed by atoms with Crippen molar-refractivity contribution in [3.8, 4) is 0 Å². The van der Waals surface area contributed by atoms with Gasteiger partial charge in [-0.05, 0) is 32.1 Å². The lowest BCUT2D eigenvalue weighted by Crippen LogP contribution is -2.12. The van der Waals surface area contributed by atoms with E-state index < -0.39 is 0 Å². The van der Waals surface area contributed by atoms with Crippen LogP contribution in [0.15, 0.2) is 12.2 Å². The normalized spacial score (nSPS) is 14.1. The van der Waals surface area contributed by atoms with Crippen molar-refractivity contribution < 1.29 is 14.6 Å². The Bertz CT molecular complexity index is 299. The Morgan fingerprint density at radius 1 is 1.00 bits per heavy atom. The average molecular weight is 327 g/mol. The first-order valence-electron chi connectivity index (χ1n) is 9.52. The van der Waals surface area contributed by atoms with Crippen molar-refractivity contribution in [2.24, 2.45) is 5.92 Å².